The van der Waals surface area contributed by atoms with Crippen LogP contribution >= 0.6 is 11.6 Å². The van der Waals surface area contributed by atoms with E-state index in [1.54, 1.807) is 0 Å². The molecule has 0 saturated heterocycles. The molecule has 1 rings (SSSR count). The third-order valence-electron chi connectivity index (χ3n) is 1.32. The lowest BCUT2D eigenvalue weighted by Gasteiger charge is -2.02. The maximum Gasteiger partial charge on any atom is 0.491 e. The van der Waals surface area contributed by atoms with Gasteiger partial charge in [0.25, 0.3) is 0 Å². The van der Waals surface area contributed by atoms with Gasteiger partial charge in [-0.05, 0) is 6.07 Å². The van der Waals surface area contributed by atoms with Gasteiger partial charge in [-0.2, -0.15) is 0 Å². The lowest BCUT2D eigenvalue weighted by atomic mass is 9.80. The molecule has 12 heavy (non-hydrogen) atoms. The zero-order valence-electron chi connectivity index (χ0n) is 5.76. The van der Waals surface area contributed by atoms with Crippen molar-refractivity contribution in [2.24, 2.45) is 0 Å². The summed E-state index contributed by atoms with van der Waals surface area (Å²) >= 11 is 5.27. The Hall–Kier alpha value is -0.645. The van der Waals surface area contributed by atoms with Crippen molar-refractivity contribution in [1.82, 2.24) is 0 Å². The summed E-state index contributed by atoms with van der Waals surface area (Å²) < 4.78 is 25.2. The Morgan fingerprint density at radius 1 is 1.17 bits per heavy atom. The molecule has 0 amide bonds. The van der Waals surface area contributed by atoms with Gasteiger partial charge in [0, 0.05) is 11.5 Å². The highest BCUT2D eigenvalue weighted by atomic mass is 35.5. The molecule has 0 heterocycles. The third kappa shape index (κ3) is 1.74. The van der Waals surface area contributed by atoms with Crippen molar-refractivity contribution >= 4 is 24.2 Å². The van der Waals surface area contributed by atoms with Gasteiger partial charge < -0.3 is 10.0 Å². The van der Waals surface area contributed by atoms with Gasteiger partial charge in [-0.1, -0.05) is 11.6 Å². The number of benzene rings is 1. The average molecular weight is 192 g/mol. The zero-order chi connectivity index (χ0) is 9.30. The van der Waals surface area contributed by atoms with E-state index in [1.807, 2.05) is 0 Å². The summed E-state index contributed by atoms with van der Waals surface area (Å²) in [5.74, 6) is -1.97. The van der Waals surface area contributed by atoms with Crippen molar-refractivity contribution in [3.05, 3.63) is 28.8 Å². The number of halogens is 3. The van der Waals surface area contributed by atoms with E-state index in [0.717, 1.165) is 6.07 Å². The maximum absolute atomic E-state index is 12.7. The van der Waals surface area contributed by atoms with Crippen LogP contribution in [0.1, 0.15) is 0 Å². The quantitative estimate of drug-likeness (QED) is 0.496. The van der Waals surface area contributed by atoms with Crippen LogP contribution in [0.25, 0.3) is 0 Å². The predicted octanol–water partition coefficient (Wildman–Crippen LogP) is 0.298. The Morgan fingerprint density at radius 3 is 2.25 bits per heavy atom. The molecule has 64 valence electrons. The van der Waals surface area contributed by atoms with Gasteiger partial charge in [0.05, 0.1) is 5.02 Å². The van der Waals surface area contributed by atoms with Crippen LogP contribution < -0.4 is 5.46 Å². The summed E-state index contributed by atoms with van der Waals surface area (Å²) in [6.07, 6.45) is 0. The Bertz CT molecular complexity index is 306. The van der Waals surface area contributed by atoms with Crippen molar-refractivity contribution in [1.29, 1.82) is 0 Å². The molecule has 0 spiro atoms. The van der Waals surface area contributed by atoms with Crippen molar-refractivity contribution in [3.63, 3.8) is 0 Å². The normalized spacial score (nSPS) is 10.1. The van der Waals surface area contributed by atoms with E-state index in [2.05, 4.69) is 0 Å². The molecule has 0 saturated carbocycles. The Balaban J connectivity index is 3.23. The smallest absolute Gasteiger partial charge is 0.423 e. The van der Waals surface area contributed by atoms with Crippen LogP contribution in [0.4, 0.5) is 8.78 Å². The summed E-state index contributed by atoms with van der Waals surface area (Å²) in [6, 6.07) is 1.33. The van der Waals surface area contributed by atoms with E-state index < -0.39 is 24.2 Å². The van der Waals surface area contributed by atoms with Gasteiger partial charge in [-0.25, -0.2) is 8.78 Å². The van der Waals surface area contributed by atoms with Gasteiger partial charge in [-0.15, -0.1) is 0 Å². The fourth-order valence-corrected chi connectivity index (χ4v) is 0.908. The van der Waals surface area contributed by atoms with Crippen molar-refractivity contribution < 1.29 is 18.8 Å². The Morgan fingerprint density at radius 2 is 1.75 bits per heavy atom. The van der Waals surface area contributed by atoms with Crippen molar-refractivity contribution in [2.75, 3.05) is 0 Å². The highest BCUT2D eigenvalue weighted by Gasteiger charge is 2.18. The van der Waals surface area contributed by atoms with E-state index >= 15 is 0 Å². The van der Waals surface area contributed by atoms with E-state index in [1.165, 1.54) is 0 Å². The predicted molar refractivity (Wildman–Crippen MR) is 41.2 cm³/mol. The lowest BCUT2D eigenvalue weighted by Crippen LogP contribution is -2.32. The fourth-order valence-electron chi connectivity index (χ4n) is 0.736. The number of rotatable bonds is 1. The lowest BCUT2D eigenvalue weighted by molar-refractivity contribution is 0.422. The minimum atomic E-state index is -1.98. The standard InChI is InChI=1S/C6H4BClF2O2/c8-4-1-3(7(11)12)5(9)2-6(4)10/h1-2,11-12H. The second kappa shape index (κ2) is 3.39. The van der Waals surface area contributed by atoms with E-state index in [0.29, 0.717) is 6.07 Å². The molecular weight excluding hydrogens is 188 g/mol. The molecule has 0 atom stereocenters. The minimum absolute atomic E-state index is 0.348. The molecule has 6 heteroatoms. The summed E-state index contributed by atoms with van der Waals surface area (Å²) in [5.41, 5.74) is -0.443. The van der Waals surface area contributed by atoms with Crippen molar-refractivity contribution in [3.8, 4) is 0 Å². The monoisotopic (exact) mass is 192 g/mol. The molecular formula is C6H4BClF2O2. The molecule has 0 radical (unpaired) electrons. The topological polar surface area (TPSA) is 40.5 Å². The van der Waals surface area contributed by atoms with Crippen LogP contribution in [0.15, 0.2) is 12.1 Å². The van der Waals surface area contributed by atoms with E-state index in [4.69, 9.17) is 21.6 Å². The molecule has 0 bridgehead atoms. The molecule has 2 N–H and O–H groups in total. The Labute approximate surface area is 72.5 Å². The van der Waals surface area contributed by atoms with Crippen LogP contribution in [-0.2, 0) is 0 Å². The van der Waals surface area contributed by atoms with E-state index in [-0.39, 0.29) is 5.02 Å². The molecule has 0 fully saturated rings. The zero-order valence-corrected chi connectivity index (χ0v) is 6.52. The van der Waals surface area contributed by atoms with Crippen LogP contribution in [0, 0.1) is 11.6 Å². The second-order valence-corrected chi connectivity index (χ2v) is 2.57. The molecule has 1 aromatic carbocycles. The average Bonchev–Trinajstić information content (AvgIpc) is 1.96. The van der Waals surface area contributed by atoms with Crippen LogP contribution in [0.3, 0.4) is 0 Å². The third-order valence-corrected chi connectivity index (χ3v) is 1.61. The summed E-state index contributed by atoms with van der Waals surface area (Å²) in [7, 11) is -1.98. The fraction of sp³-hybridized carbons (Fsp3) is 0. The minimum Gasteiger partial charge on any atom is -0.423 e. The first-order valence-electron chi connectivity index (χ1n) is 3.03. The van der Waals surface area contributed by atoms with Gasteiger partial charge in [-0.3, -0.25) is 0 Å². The summed E-state index contributed by atoms with van der Waals surface area (Å²) in [5, 5.41) is 16.8. The maximum atomic E-state index is 12.7. The molecule has 2 nitrogen and oxygen atoms in total. The first-order valence-corrected chi connectivity index (χ1v) is 3.40. The number of hydrogen-bond acceptors (Lipinski definition) is 2. The van der Waals surface area contributed by atoms with E-state index in [9.17, 15) is 8.78 Å². The summed E-state index contributed by atoms with van der Waals surface area (Å²) in [6.45, 7) is 0. The van der Waals surface area contributed by atoms with Crippen LogP contribution in [0.5, 0.6) is 0 Å². The molecule has 0 aliphatic carbocycles. The summed E-state index contributed by atoms with van der Waals surface area (Å²) in [4.78, 5) is 0. The van der Waals surface area contributed by atoms with Gasteiger partial charge in [0.1, 0.15) is 11.6 Å². The van der Waals surface area contributed by atoms with Gasteiger partial charge >= 0.3 is 7.12 Å². The van der Waals surface area contributed by atoms with Gasteiger partial charge in [0.2, 0.25) is 0 Å². The molecule has 0 unspecified atom stereocenters. The first kappa shape index (κ1) is 9.44. The molecule has 1 aromatic rings. The number of hydrogen-bond donors (Lipinski definition) is 2. The molecule has 0 aliphatic heterocycles. The van der Waals surface area contributed by atoms with Gasteiger partial charge in [0.15, 0.2) is 0 Å². The Kier molecular flexibility index (Phi) is 2.67. The highest BCUT2D eigenvalue weighted by Crippen LogP contribution is 2.13. The molecule has 0 aliphatic rings. The SMILES string of the molecule is OB(O)c1cc(Cl)c(F)cc1F. The van der Waals surface area contributed by atoms with Crippen LogP contribution in [0.2, 0.25) is 5.02 Å². The highest BCUT2D eigenvalue weighted by molar-refractivity contribution is 6.59. The second-order valence-electron chi connectivity index (χ2n) is 2.16. The molecule has 0 aromatic heterocycles. The van der Waals surface area contributed by atoms with Crippen molar-refractivity contribution in [2.45, 2.75) is 0 Å². The first-order chi connectivity index (χ1) is 5.52. The van der Waals surface area contributed by atoms with Crippen LogP contribution in [-0.4, -0.2) is 17.2 Å². The largest absolute Gasteiger partial charge is 0.491 e.